The summed E-state index contributed by atoms with van der Waals surface area (Å²) in [4.78, 5) is 12.7. The van der Waals surface area contributed by atoms with Crippen molar-refractivity contribution in [3.8, 4) is 11.8 Å². The van der Waals surface area contributed by atoms with Crippen LogP contribution in [-0.2, 0) is 4.79 Å². The molecular weight excluding hydrogens is 396 g/mol. The van der Waals surface area contributed by atoms with Gasteiger partial charge in [-0.3, -0.25) is 4.79 Å². The zero-order valence-corrected chi connectivity index (χ0v) is 17.8. The highest BCUT2D eigenvalue weighted by Gasteiger charge is 2.35. The van der Waals surface area contributed by atoms with Crippen molar-refractivity contribution in [1.82, 2.24) is 15.1 Å². The second-order valence-electron chi connectivity index (χ2n) is 6.84. The van der Waals surface area contributed by atoms with Crippen LogP contribution in [0.25, 0.3) is 5.69 Å². The first-order valence-electron chi connectivity index (χ1n) is 9.00. The highest BCUT2D eigenvalue weighted by atomic mass is 32.2. The fourth-order valence-corrected chi connectivity index (χ4v) is 5.72. The molecule has 0 bridgehead atoms. The molecule has 1 aliphatic carbocycles. The zero-order chi connectivity index (χ0) is 19.4. The number of rotatable bonds is 5. The molecule has 5 nitrogen and oxygen atoms in total. The van der Waals surface area contributed by atoms with Gasteiger partial charge in [-0.15, -0.1) is 5.10 Å². The van der Waals surface area contributed by atoms with Gasteiger partial charge in [0.05, 0.1) is 17.0 Å². The minimum atomic E-state index is -0.711. The maximum atomic E-state index is 12.7. The Balaban J connectivity index is 1.71. The van der Waals surface area contributed by atoms with E-state index in [4.69, 9.17) is 12.2 Å². The van der Waals surface area contributed by atoms with Gasteiger partial charge >= 0.3 is 0 Å². The number of thioether (sulfide) groups is 1. The molecule has 1 saturated carbocycles. The fraction of sp³-hybridized carbons (Fsp3) is 0.474. The largest absolute Gasteiger partial charge is 0.337 e. The van der Waals surface area contributed by atoms with Crippen molar-refractivity contribution in [3.05, 3.63) is 33.8 Å². The predicted octanol–water partition coefficient (Wildman–Crippen LogP) is 4.79. The van der Waals surface area contributed by atoms with E-state index in [1.54, 1.807) is 4.68 Å². The number of nitrogens with zero attached hydrogens (tertiary/aromatic N) is 3. The number of carbonyl (C=O) groups is 1. The van der Waals surface area contributed by atoms with E-state index in [1.165, 1.54) is 23.1 Å². The van der Waals surface area contributed by atoms with Crippen molar-refractivity contribution >= 4 is 41.2 Å². The topological polar surface area (TPSA) is 70.7 Å². The molecule has 1 aromatic carbocycles. The van der Waals surface area contributed by atoms with E-state index in [1.807, 2.05) is 38.1 Å². The molecule has 1 atom stereocenters. The average molecular weight is 419 g/mol. The van der Waals surface area contributed by atoms with Crippen LogP contribution in [0.2, 0.25) is 0 Å². The molecule has 8 heteroatoms. The van der Waals surface area contributed by atoms with Crippen LogP contribution < -0.4 is 5.32 Å². The van der Waals surface area contributed by atoms with Gasteiger partial charge < -0.3 is 5.32 Å². The molecule has 1 amide bonds. The smallest absolute Gasteiger partial charge is 0.234 e. The number of carbonyl (C=O) groups excluding carboxylic acids is 1. The van der Waals surface area contributed by atoms with Gasteiger partial charge in [-0.1, -0.05) is 60.6 Å². The van der Waals surface area contributed by atoms with E-state index in [0.717, 1.165) is 47.7 Å². The van der Waals surface area contributed by atoms with Crippen LogP contribution in [0, 0.1) is 22.2 Å². The second kappa shape index (κ2) is 8.55. The zero-order valence-electron chi connectivity index (χ0n) is 15.4. The van der Waals surface area contributed by atoms with E-state index in [0.29, 0.717) is 3.95 Å². The lowest BCUT2D eigenvalue weighted by molar-refractivity contribution is -0.121. The molecule has 1 aliphatic rings. The highest BCUT2D eigenvalue weighted by Crippen LogP contribution is 2.31. The molecule has 27 heavy (non-hydrogen) atoms. The molecule has 1 heterocycles. The van der Waals surface area contributed by atoms with Gasteiger partial charge in [-0.2, -0.15) is 5.26 Å². The first-order valence-corrected chi connectivity index (χ1v) is 11.1. The van der Waals surface area contributed by atoms with Crippen LogP contribution in [0.5, 0.6) is 0 Å². The maximum Gasteiger partial charge on any atom is 0.234 e. The molecule has 3 rings (SSSR count). The van der Waals surface area contributed by atoms with Crippen LogP contribution in [0.3, 0.4) is 0 Å². The lowest BCUT2D eigenvalue weighted by Gasteiger charge is -2.32. The van der Waals surface area contributed by atoms with Gasteiger partial charge in [-0.25, -0.2) is 4.68 Å². The summed E-state index contributed by atoms with van der Waals surface area (Å²) >= 11 is 8.24. The fourth-order valence-electron chi connectivity index (χ4n) is 3.22. The Bertz CT molecular complexity index is 922. The van der Waals surface area contributed by atoms with Crippen molar-refractivity contribution < 1.29 is 4.79 Å². The summed E-state index contributed by atoms with van der Waals surface area (Å²) < 4.78 is 3.15. The Morgan fingerprint density at radius 1 is 1.41 bits per heavy atom. The Morgan fingerprint density at radius 2 is 2.11 bits per heavy atom. The number of para-hydroxylation sites is 1. The Morgan fingerprint density at radius 3 is 2.78 bits per heavy atom. The Labute approximate surface area is 172 Å². The van der Waals surface area contributed by atoms with Crippen molar-refractivity contribution in [2.45, 2.75) is 61.1 Å². The number of hydrogen-bond acceptors (Lipinski definition) is 6. The van der Waals surface area contributed by atoms with Crippen molar-refractivity contribution in [2.24, 2.45) is 0 Å². The molecule has 1 aromatic heterocycles. The molecule has 0 unspecified atom stereocenters. The van der Waals surface area contributed by atoms with Gasteiger partial charge in [-0.05, 0) is 50.5 Å². The van der Waals surface area contributed by atoms with E-state index < -0.39 is 5.54 Å². The van der Waals surface area contributed by atoms with E-state index >= 15 is 0 Å². The maximum absolute atomic E-state index is 12.7. The van der Waals surface area contributed by atoms with Crippen LogP contribution in [0.1, 0.15) is 44.6 Å². The number of nitrogens with one attached hydrogen (secondary N) is 1. The first-order chi connectivity index (χ1) is 12.9. The third-order valence-electron chi connectivity index (χ3n) is 4.80. The summed E-state index contributed by atoms with van der Waals surface area (Å²) in [6.45, 7) is 3.86. The van der Waals surface area contributed by atoms with E-state index in [-0.39, 0.29) is 11.2 Å². The number of benzene rings is 1. The Kier molecular flexibility index (Phi) is 6.35. The summed E-state index contributed by atoms with van der Waals surface area (Å²) in [5, 5.41) is 16.8. The molecule has 0 aliphatic heterocycles. The predicted molar refractivity (Wildman–Crippen MR) is 112 cm³/mol. The van der Waals surface area contributed by atoms with Gasteiger partial charge in [0.25, 0.3) is 0 Å². The molecule has 0 spiro atoms. The summed E-state index contributed by atoms with van der Waals surface area (Å²) in [5.74, 6) is -0.119. The lowest BCUT2D eigenvalue weighted by Crippen LogP contribution is -2.50. The van der Waals surface area contributed by atoms with Crippen LogP contribution in [-0.4, -0.2) is 26.5 Å². The summed E-state index contributed by atoms with van der Waals surface area (Å²) in [5.41, 5.74) is 1.33. The Hall–Kier alpha value is -1.69. The molecule has 0 saturated heterocycles. The first kappa shape index (κ1) is 20.1. The number of aryl methyl sites for hydroxylation is 1. The second-order valence-corrected chi connectivity index (χ2v) is 10.0. The summed E-state index contributed by atoms with van der Waals surface area (Å²) in [6.07, 6.45) is 4.55. The standard InChI is InChI=1S/C19H22N4OS3/c1-13-8-4-5-9-15(13)23-18(25)27-17(22-23)26-14(2)16(24)21-19(12-20)10-6-3-7-11-19/h4-5,8-9,14H,3,6-7,10-11H2,1-2H3,(H,21,24)/t14-/m1/s1. The minimum Gasteiger partial charge on any atom is -0.337 e. The quantitative estimate of drug-likeness (QED) is 0.558. The van der Waals surface area contributed by atoms with Crippen LogP contribution in [0.4, 0.5) is 0 Å². The highest BCUT2D eigenvalue weighted by molar-refractivity contribution is 8.02. The molecule has 1 fully saturated rings. The lowest BCUT2D eigenvalue weighted by atomic mass is 9.83. The van der Waals surface area contributed by atoms with E-state index in [9.17, 15) is 10.1 Å². The third kappa shape index (κ3) is 4.60. The molecule has 1 N–H and O–H groups in total. The molecule has 142 valence electrons. The molecule has 2 aromatic rings. The normalized spacial score (nSPS) is 17.1. The summed E-state index contributed by atoms with van der Waals surface area (Å²) in [6, 6.07) is 10.3. The monoisotopic (exact) mass is 418 g/mol. The van der Waals surface area contributed by atoms with Crippen molar-refractivity contribution in [3.63, 3.8) is 0 Å². The van der Waals surface area contributed by atoms with Crippen molar-refractivity contribution in [1.29, 1.82) is 5.26 Å². The number of hydrogen-bond donors (Lipinski definition) is 1. The number of nitriles is 1. The van der Waals surface area contributed by atoms with Gasteiger partial charge in [0, 0.05) is 0 Å². The number of amides is 1. The third-order valence-corrected chi connectivity index (χ3v) is 7.22. The van der Waals surface area contributed by atoms with E-state index in [2.05, 4.69) is 16.5 Å². The molecule has 0 radical (unpaired) electrons. The van der Waals surface area contributed by atoms with Crippen LogP contribution >= 0.6 is 35.3 Å². The SMILES string of the molecule is Cc1ccccc1-n1nc(S[C@H](C)C(=O)NC2(C#N)CCCCC2)sc1=S. The van der Waals surface area contributed by atoms with Crippen LogP contribution in [0.15, 0.2) is 28.6 Å². The average Bonchev–Trinajstić information content (AvgIpc) is 3.02. The summed E-state index contributed by atoms with van der Waals surface area (Å²) in [7, 11) is 0. The van der Waals surface area contributed by atoms with Crippen molar-refractivity contribution in [2.75, 3.05) is 0 Å². The minimum absolute atomic E-state index is 0.119. The number of aromatic nitrogens is 2. The molecular formula is C19H22N4OS3. The van der Waals surface area contributed by atoms with Gasteiger partial charge in [0.15, 0.2) is 8.29 Å². The van der Waals surface area contributed by atoms with Gasteiger partial charge in [0.1, 0.15) is 5.54 Å². The van der Waals surface area contributed by atoms with Gasteiger partial charge in [0.2, 0.25) is 5.91 Å².